The molecule has 2 aromatic rings. The summed E-state index contributed by atoms with van der Waals surface area (Å²) in [4.78, 5) is 13.9. The fourth-order valence-corrected chi connectivity index (χ4v) is 4.82. The number of amides is 1. The van der Waals surface area contributed by atoms with Crippen LogP contribution in [0.1, 0.15) is 39.2 Å². The number of ether oxygens (including phenoxy) is 2. The Balaban J connectivity index is 1.63. The Kier molecular flexibility index (Phi) is 6.02. The van der Waals surface area contributed by atoms with E-state index in [1.807, 2.05) is 17.5 Å². The van der Waals surface area contributed by atoms with Crippen LogP contribution in [0.5, 0.6) is 11.5 Å². The Morgan fingerprint density at radius 2 is 1.92 bits per heavy atom. The molecule has 0 fully saturated rings. The van der Waals surface area contributed by atoms with Crippen LogP contribution < -0.4 is 14.8 Å². The topological polar surface area (TPSA) is 47.6 Å². The molecule has 0 saturated heterocycles. The molecule has 0 unspecified atom stereocenters. The van der Waals surface area contributed by atoms with Crippen molar-refractivity contribution in [3.8, 4) is 11.5 Å². The molecule has 1 aliphatic carbocycles. The third-order valence-electron chi connectivity index (χ3n) is 4.54. The molecule has 4 nitrogen and oxygen atoms in total. The minimum absolute atomic E-state index is 0.0380. The zero-order chi connectivity index (χ0) is 17.8. The summed E-state index contributed by atoms with van der Waals surface area (Å²) in [5.41, 5.74) is 3.21. The van der Waals surface area contributed by atoms with Crippen molar-refractivity contribution < 1.29 is 14.3 Å². The standard InChI is InChI=1S/C19H22BrNO3S/c1-23-16-9-12(15(20)10-17(16)24-2)7-8-21-19(22)14-11-25-18-6-4-3-5-13(14)18/h9-11H,3-8H2,1-2H3,(H,21,22). The lowest BCUT2D eigenvalue weighted by Gasteiger charge is -2.14. The Morgan fingerprint density at radius 1 is 1.20 bits per heavy atom. The van der Waals surface area contributed by atoms with E-state index in [2.05, 4.69) is 21.2 Å². The van der Waals surface area contributed by atoms with Gasteiger partial charge in [0, 0.05) is 21.3 Å². The van der Waals surface area contributed by atoms with Crippen LogP contribution in [0.4, 0.5) is 0 Å². The number of halogens is 1. The number of carbonyl (C=O) groups excluding carboxylic acids is 1. The molecule has 6 heteroatoms. The number of hydrogen-bond donors (Lipinski definition) is 1. The summed E-state index contributed by atoms with van der Waals surface area (Å²) in [6.07, 6.45) is 5.29. The predicted molar refractivity (Wildman–Crippen MR) is 104 cm³/mol. The van der Waals surface area contributed by atoms with Crippen molar-refractivity contribution in [2.75, 3.05) is 20.8 Å². The summed E-state index contributed by atoms with van der Waals surface area (Å²) in [7, 11) is 3.24. The minimum atomic E-state index is 0.0380. The highest BCUT2D eigenvalue weighted by Crippen LogP contribution is 2.33. The van der Waals surface area contributed by atoms with Gasteiger partial charge in [-0.05, 0) is 55.4 Å². The number of fused-ring (bicyclic) bond motifs is 1. The summed E-state index contributed by atoms with van der Waals surface area (Å²) < 4.78 is 11.6. The molecule has 1 aliphatic rings. The van der Waals surface area contributed by atoms with Gasteiger partial charge in [-0.2, -0.15) is 0 Å². The molecule has 0 atom stereocenters. The van der Waals surface area contributed by atoms with Crippen LogP contribution in [-0.4, -0.2) is 26.7 Å². The number of hydrogen-bond acceptors (Lipinski definition) is 4. The van der Waals surface area contributed by atoms with E-state index >= 15 is 0 Å². The number of aryl methyl sites for hydroxylation is 1. The van der Waals surface area contributed by atoms with E-state index < -0.39 is 0 Å². The highest BCUT2D eigenvalue weighted by molar-refractivity contribution is 9.10. The third-order valence-corrected chi connectivity index (χ3v) is 6.37. The molecular weight excluding hydrogens is 402 g/mol. The van der Waals surface area contributed by atoms with Gasteiger partial charge in [0.2, 0.25) is 0 Å². The largest absolute Gasteiger partial charge is 0.493 e. The fourth-order valence-electron chi connectivity index (χ4n) is 3.18. The fraction of sp³-hybridized carbons (Fsp3) is 0.421. The number of benzene rings is 1. The van der Waals surface area contributed by atoms with Gasteiger partial charge in [-0.3, -0.25) is 4.79 Å². The van der Waals surface area contributed by atoms with Crippen molar-refractivity contribution in [3.05, 3.63) is 43.6 Å². The minimum Gasteiger partial charge on any atom is -0.493 e. The van der Waals surface area contributed by atoms with Crippen LogP contribution >= 0.6 is 27.3 Å². The highest BCUT2D eigenvalue weighted by Gasteiger charge is 2.20. The van der Waals surface area contributed by atoms with E-state index in [0.717, 1.165) is 34.9 Å². The first-order valence-electron chi connectivity index (χ1n) is 8.42. The lowest BCUT2D eigenvalue weighted by atomic mass is 9.95. The number of nitrogens with one attached hydrogen (secondary N) is 1. The summed E-state index contributed by atoms with van der Waals surface area (Å²) in [6, 6.07) is 3.84. The van der Waals surface area contributed by atoms with E-state index in [4.69, 9.17) is 9.47 Å². The van der Waals surface area contributed by atoms with E-state index in [1.54, 1.807) is 25.6 Å². The maximum absolute atomic E-state index is 12.5. The van der Waals surface area contributed by atoms with Gasteiger partial charge >= 0.3 is 0 Å². The van der Waals surface area contributed by atoms with E-state index in [9.17, 15) is 4.79 Å². The molecule has 0 spiro atoms. The van der Waals surface area contributed by atoms with Gasteiger partial charge in [-0.1, -0.05) is 15.9 Å². The van der Waals surface area contributed by atoms with Crippen LogP contribution in [0, 0.1) is 0 Å². The van der Waals surface area contributed by atoms with Crippen molar-refractivity contribution in [1.82, 2.24) is 5.32 Å². The lowest BCUT2D eigenvalue weighted by molar-refractivity contribution is 0.0953. The lowest BCUT2D eigenvalue weighted by Crippen LogP contribution is -2.26. The van der Waals surface area contributed by atoms with Gasteiger partial charge in [-0.25, -0.2) is 0 Å². The van der Waals surface area contributed by atoms with Gasteiger partial charge in [0.15, 0.2) is 11.5 Å². The summed E-state index contributed by atoms with van der Waals surface area (Å²) in [5.74, 6) is 1.42. The molecule has 0 radical (unpaired) electrons. The normalized spacial score (nSPS) is 13.2. The molecular formula is C19H22BrNO3S. The van der Waals surface area contributed by atoms with Gasteiger partial charge in [0.05, 0.1) is 19.8 Å². The molecule has 0 bridgehead atoms. The van der Waals surface area contributed by atoms with Crippen molar-refractivity contribution in [1.29, 1.82) is 0 Å². The van der Waals surface area contributed by atoms with Crippen LogP contribution in [0.15, 0.2) is 22.0 Å². The maximum atomic E-state index is 12.5. The van der Waals surface area contributed by atoms with Gasteiger partial charge in [0.1, 0.15) is 0 Å². The predicted octanol–water partition coefficient (Wildman–Crippen LogP) is 4.38. The van der Waals surface area contributed by atoms with Crippen molar-refractivity contribution in [3.63, 3.8) is 0 Å². The van der Waals surface area contributed by atoms with Gasteiger partial charge in [0.25, 0.3) is 5.91 Å². The van der Waals surface area contributed by atoms with E-state index in [1.165, 1.54) is 23.3 Å². The first-order chi connectivity index (χ1) is 12.1. The smallest absolute Gasteiger partial charge is 0.252 e. The summed E-state index contributed by atoms with van der Waals surface area (Å²) in [6.45, 7) is 0.581. The molecule has 0 saturated carbocycles. The quantitative estimate of drug-likeness (QED) is 0.749. The molecule has 0 aliphatic heterocycles. The Bertz CT molecular complexity index is 772. The third kappa shape index (κ3) is 4.01. The van der Waals surface area contributed by atoms with Crippen LogP contribution in [0.3, 0.4) is 0 Å². The second-order valence-corrected chi connectivity index (χ2v) is 7.88. The first kappa shape index (κ1) is 18.3. The molecule has 1 aromatic heterocycles. The Hall–Kier alpha value is -1.53. The molecule has 3 rings (SSSR count). The molecule has 1 N–H and O–H groups in total. The number of methoxy groups -OCH3 is 2. The Morgan fingerprint density at radius 3 is 2.68 bits per heavy atom. The van der Waals surface area contributed by atoms with E-state index in [0.29, 0.717) is 18.0 Å². The van der Waals surface area contributed by atoms with Gasteiger partial charge in [-0.15, -0.1) is 11.3 Å². The van der Waals surface area contributed by atoms with Crippen molar-refractivity contribution >= 4 is 33.2 Å². The SMILES string of the molecule is COc1cc(Br)c(CCNC(=O)c2csc3c2CCCC3)cc1OC. The number of thiophene rings is 1. The molecule has 25 heavy (non-hydrogen) atoms. The van der Waals surface area contributed by atoms with E-state index in [-0.39, 0.29) is 5.91 Å². The Labute approximate surface area is 160 Å². The first-order valence-corrected chi connectivity index (χ1v) is 10.1. The van der Waals surface area contributed by atoms with Crippen LogP contribution in [-0.2, 0) is 19.3 Å². The molecule has 1 aromatic carbocycles. The zero-order valence-electron chi connectivity index (χ0n) is 14.5. The molecule has 134 valence electrons. The molecule has 1 amide bonds. The average molecular weight is 424 g/mol. The number of rotatable bonds is 6. The monoisotopic (exact) mass is 423 g/mol. The van der Waals surface area contributed by atoms with Crippen molar-refractivity contribution in [2.45, 2.75) is 32.1 Å². The summed E-state index contributed by atoms with van der Waals surface area (Å²) in [5, 5.41) is 5.06. The van der Waals surface area contributed by atoms with Crippen LogP contribution in [0.25, 0.3) is 0 Å². The maximum Gasteiger partial charge on any atom is 0.252 e. The zero-order valence-corrected chi connectivity index (χ0v) is 16.9. The van der Waals surface area contributed by atoms with Crippen molar-refractivity contribution in [2.24, 2.45) is 0 Å². The second kappa shape index (κ2) is 8.23. The average Bonchev–Trinajstić information content (AvgIpc) is 3.06. The second-order valence-electron chi connectivity index (χ2n) is 6.06. The summed E-state index contributed by atoms with van der Waals surface area (Å²) >= 11 is 5.28. The molecule has 1 heterocycles. The van der Waals surface area contributed by atoms with Crippen LogP contribution in [0.2, 0.25) is 0 Å². The number of carbonyl (C=O) groups is 1. The highest BCUT2D eigenvalue weighted by atomic mass is 79.9. The van der Waals surface area contributed by atoms with Gasteiger partial charge < -0.3 is 14.8 Å².